The third-order valence-electron chi connectivity index (χ3n) is 3.93. The SMILES string of the molecule is COCC(=O)N1CCC(NC(=O)c2ccccc2C(F)(F)F)CC1. The lowest BCUT2D eigenvalue weighted by molar-refractivity contribution is -0.138. The Balaban J connectivity index is 1.97. The molecule has 1 heterocycles. The summed E-state index contributed by atoms with van der Waals surface area (Å²) in [6, 6.07) is 4.44. The number of alkyl halides is 3. The number of hydrogen-bond acceptors (Lipinski definition) is 3. The Kier molecular flexibility index (Phi) is 5.82. The zero-order chi connectivity index (χ0) is 17.7. The van der Waals surface area contributed by atoms with Crippen molar-refractivity contribution in [2.24, 2.45) is 0 Å². The van der Waals surface area contributed by atoms with E-state index in [-0.39, 0.29) is 24.1 Å². The summed E-state index contributed by atoms with van der Waals surface area (Å²) in [6.45, 7) is 0.873. The van der Waals surface area contributed by atoms with Crippen molar-refractivity contribution in [2.45, 2.75) is 25.1 Å². The van der Waals surface area contributed by atoms with Crippen molar-refractivity contribution in [1.29, 1.82) is 0 Å². The molecule has 0 atom stereocenters. The number of piperidine rings is 1. The molecule has 24 heavy (non-hydrogen) atoms. The summed E-state index contributed by atoms with van der Waals surface area (Å²) in [4.78, 5) is 25.5. The Morgan fingerprint density at radius 2 is 1.88 bits per heavy atom. The van der Waals surface area contributed by atoms with Crippen LogP contribution in [0.15, 0.2) is 24.3 Å². The summed E-state index contributed by atoms with van der Waals surface area (Å²) in [7, 11) is 1.43. The number of likely N-dealkylation sites (tertiary alicyclic amines) is 1. The van der Waals surface area contributed by atoms with Crippen molar-refractivity contribution in [3.8, 4) is 0 Å². The number of carbonyl (C=O) groups is 2. The van der Waals surface area contributed by atoms with Crippen molar-refractivity contribution in [1.82, 2.24) is 10.2 Å². The molecule has 1 N–H and O–H groups in total. The maximum Gasteiger partial charge on any atom is 0.417 e. The van der Waals surface area contributed by atoms with E-state index in [4.69, 9.17) is 4.74 Å². The molecule has 2 rings (SSSR count). The molecule has 0 saturated carbocycles. The van der Waals surface area contributed by atoms with Gasteiger partial charge in [0, 0.05) is 26.2 Å². The minimum absolute atomic E-state index is 0.00398. The highest BCUT2D eigenvalue weighted by Gasteiger charge is 2.35. The Morgan fingerprint density at radius 3 is 2.46 bits per heavy atom. The van der Waals surface area contributed by atoms with Crippen LogP contribution >= 0.6 is 0 Å². The van der Waals surface area contributed by atoms with E-state index in [2.05, 4.69) is 5.32 Å². The Morgan fingerprint density at radius 1 is 1.25 bits per heavy atom. The number of nitrogens with zero attached hydrogens (tertiary/aromatic N) is 1. The fraction of sp³-hybridized carbons (Fsp3) is 0.500. The third kappa shape index (κ3) is 4.47. The molecular weight excluding hydrogens is 325 g/mol. The van der Waals surface area contributed by atoms with Gasteiger partial charge < -0.3 is 15.0 Å². The first-order chi connectivity index (χ1) is 11.3. The van der Waals surface area contributed by atoms with Crippen LogP contribution in [-0.2, 0) is 15.7 Å². The van der Waals surface area contributed by atoms with Gasteiger partial charge >= 0.3 is 6.18 Å². The van der Waals surface area contributed by atoms with Crippen molar-refractivity contribution < 1.29 is 27.5 Å². The van der Waals surface area contributed by atoms with Crippen LogP contribution in [0.25, 0.3) is 0 Å². The first-order valence-corrected chi connectivity index (χ1v) is 7.56. The second-order valence-corrected chi connectivity index (χ2v) is 5.60. The Bertz CT molecular complexity index is 596. The van der Waals surface area contributed by atoms with Crippen LogP contribution in [0.3, 0.4) is 0 Å². The quantitative estimate of drug-likeness (QED) is 0.910. The molecule has 0 spiro atoms. The van der Waals surface area contributed by atoms with Crippen LogP contribution in [0.5, 0.6) is 0 Å². The molecule has 0 aliphatic carbocycles. The minimum atomic E-state index is -4.58. The fourth-order valence-corrected chi connectivity index (χ4v) is 2.68. The molecule has 0 bridgehead atoms. The second-order valence-electron chi connectivity index (χ2n) is 5.60. The predicted molar refractivity (Wildman–Crippen MR) is 80.4 cm³/mol. The minimum Gasteiger partial charge on any atom is -0.375 e. The molecule has 2 amide bonds. The first-order valence-electron chi connectivity index (χ1n) is 7.56. The third-order valence-corrected chi connectivity index (χ3v) is 3.93. The van der Waals surface area contributed by atoms with Crippen LogP contribution < -0.4 is 5.32 Å². The number of halogens is 3. The van der Waals surface area contributed by atoms with Crippen molar-refractivity contribution in [3.63, 3.8) is 0 Å². The lowest BCUT2D eigenvalue weighted by Gasteiger charge is -2.32. The second kappa shape index (κ2) is 7.65. The summed E-state index contributed by atoms with van der Waals surface area (Å²) in [5, 5.41) is 2.63. The average Bonchev–Trinajstić information content (AvgIpc) is 2.55. The number of methoxy groups -OCH3 is 1. The molecule has 8 heteroatoms. The summed E-state index contributed by atoms with van der Waals surface area (Å²) in [6.07, 6.45) is -3.59. The number of carbonyl (C=O) groups excluding carboxylic acids is 2. The molecule has 1 aliphatic heterocycles. The van der Waals surface area contributed by atoms with Crippen LogP contribution in [-0.4, -0.2) is 49.6 Å². The zero-order valence-corrected chi connectivity index (χ0v) is 13.2. The predicted octanol–water partition coefficient (Wildman–Crippen LogP) is 2.07. The van der Waals surface area contributed by atoms with Gasteiger partial charge in [-0.05, 0) is 25.0 Å². The highest BCUT2D eigenvalue weighted by molar-refractivity contribution is 5.96. The van der Waals surface area contributed by atoms with E-state index in [1.165, 1.54) is 19.2 Å². The monoisotopic (exact) mass is 344 g/mol. The van der Waals surface area contributed by atoms with Gasteiger partial charge in [-0.1, -0.05) is 12.1 Å². The van der Waals surface area contributed by atoms with E-state index < -0.39 is 17.6 Å². The number of ether oxygens (including phenoxy) is 1. The van der Waals surface area contributed by atoms with Gasteiger partial charge in [0.1, 0.15) is 6.61 Å². The maximum atomic E-state index is 13.0. The van der Waals surface area contributed by atoms with Crippen molar-refractivity contribution in [2.75, 3.05) is 26.8 Å². The molecule has 1 aliphatic rings. The highest BCUT2D eigenvalue weighted by Crippen LogP contribution is 2.31. The van der Waals surface area contributed by atoms with Crippen LogP contribution in [0.4, 0.5) is 13.2 Å². The molecule has 0 radical (unpaired) electrons. The lowest BCUT2D eigenvalue weighted by atomic mass is 10.0. The standard InChI is InChI=1S/C16H19F3N2O3/c1-24-10-14(22)21-8-6-11(7-9-21)20-15(23)12-4-2-3-5-13(12)16(17,18)19/h2-5,11H,6-10H2,1H3,(H,20,23). The zero-order valence-electron chi connectivity index (χ0n) is 13.2. The largest absolute Gasteiger partial charge is 0.417 e. The van der Waals surface area contributed by atoms with Gasteiger partial charge in [0.15, 0.2) is 0 Å². The van der Waals surface area contributed by atoms with Gasteiger partial charge in [-0.2, -0.15) is 13.2 Å². The van der Waals surface area contributed by atoms with Gasteiger partial charge in [0.05, 0.1) is 11.1 Å². The fourth-order valence-electron chi connectivity index (χ4n) is 2.68. The molecule has 1 saturated heterocycles. The summed E-state index contributed by atoms with van der Waals surface area (Å²) < 4.78 is 43.7. The average molecular weight is 344 g/mol. The number of rotatable bonds is 4. The number of benzene rings is 1. The maximum absolute atomic E-state index is 13.0. The first kappa shape index (κ1) is 18.3. The van der Waals surface area contributed by atoms with E-state index in [9.17, 15) is 22.8 Å². The molecule has 0 aromatic heterocycles. The number of nitrogens with one attached hydrogen (secondary N) is 1. The van der Waals surface area contributed by atoms with Gasteiger partial charge in [-0.15, -0.1) is 0 Å². The van der Waals surface area contributed by atoms with Crippen LogP contribution in [0.1, 0.15) is 28.8 Å². The van der Waals surface area contributed by atoms with E-state index in [0.29, 0.717) is 25.9 Å². The lowest BCUT2D eigenvalue weighted by Crippen LogP contribution is -2.47. The number of amides is 2. The van der Waals surface area contributed by atoms with E-state index in [0.717, 1.165) is 12.1 Å². The van der Waals surface area contributed by atoms with Gasteiger partial charge in [0.2, 0.25) is 5.91 Å². The normalized spacial score (nSPS) is 16.1. The molecule has 1 aromatic rings. The van der Waals surface area contributed by atoms with E-state index >= 15 is 0 Å². The Labute approximate surface area is 137 Å². The Hall–Kier alpha value is -2.09. The summed E-state index contributed by atoms with van der Waals surface area (Å²) >= 11 is 0. The van der Waals surface area contributed by atoms with Gasteiger partial charge in [-0.3, -0.25) is 9.59 Å². The van der Waals surface area contributed by atoms with Crippen LogP contribution in [0.2, 0.25) is 0 Å². The van der Waals surface area contributed by atoms with Gasteiger partial charge in [0.25, 0.3) is 5.91 Å². The molecule has 132 valence electrons. The molecular formula is C16H19F3N2O3. The smallest absolute Gasteiger partial charge is 0.375 e. The van der Waals surface area contributed by atoms with Crippen molar-refractivity contribution in [3.05, 3.63) is 35.4 Å². The molecule has 5 nitrogen and oxygen atoms in total. The van der Waals surface area contributed by atoms with E-state index in [1.807, 2.05) is 0 Å². The molecule has 1 aromatic carbocycles. The van der Waals surface area contributed by atoms with Crippen molar-refractivity contribution >= 4 is 11.8 Å². The summed E-state index contributed by atoms with van der Waals surface area (Å²) in [5.74, 6) is -0.880. The highest BCUT2D eigenvalue weighted by atomic mass is 19.4. The van der Waals surface area contributed by atoms with Gasteiger partial charge in [-0.25, -0.2) is 0 Å². The van der Waals surface area contributed by atoms with Crippen LogP contribution in [0, 0.1) is 0 Å². The van der Waals surface area contributed by atoms with E-state index in [1.54, 1.807) is 4.90 Å². The topological polar surface area (TPSA) is 58.6 Å². The molecule has 1 fully saturated rings. The molecule has 0 unspecified atom stereocenters. The number of hydrogen-bond donors (Lipinski definition) is 1. The summed E-state index contributed by atoms with van der Waals surface area (Å²) in [5.41, 5.74) is -1.34.